The van der Waals surface area contributed by atoms with Gasteiger partial charge in [-0.15, -0.1) is 5.10 Å². The van der Waals surface area contributed by atoms with E-state index in [9.17, 15) is 4.79 Å². The van der Waals surface area contributed by atoms with E-state index in [1.807, 2.05) is 0 Å². The first-order valence-corrected chi connectivity index (χ1v) is 14.3. The van der Waals surface area contributed by atoms with E-state index in [4.69, 9.17) is 26.6 Å². The molecule has 1 aromatic rings. The summed E-state index contributed by atoms with van der Waals surface area (Å²) in [7, 11) is 4.29. The van der Waals surface area contributed by atoms with Crippen LogP contribution in [-0.2, 0) is 26.6 Å². The standard InChI is InChI=1S/C16H34N4O7SSi2/c1-14-18-15(28-11-9-13-30(25-5,26-6)27-7)19-20(14)16(21)17-10-8-12-29(22-2,23-3)24-4/h8-13H2,1-7H3,(H,17,21). The summed E-state index contributed by atoms with van der Waals surface area (Å²) in [5, 5.41) is 7.67. The quantitative estimate of drug-likeness (QED) is 0.225. The number of nitrogens with zero attached hydrogens (tertiary/aromatic N) is 3. The molecule has 0 aliphatic rings. The zero-order valence-corrected chi connectivity index (χ0v) is 21.7. The van der Waals surface area contributed by atoms with Crippen molar-refractivity contribution in [3.63, 3.8) is 0 Å². The zero-order valence-electron chi connectivity index (χ0n) is 18.9. The van der Waals surface area contributed by atoms with Crippen LogP contribution in [0.5, 0.6) is 0 Å². The molecule has 0 bridgehead atoms. The van der Waals surface area contributed by atoms with Crippen LogP contribution in [0.2, 0.25) is 12.1 Å². The lowest BCUT2D eigenvalue weighted by Crippen LogP contribution is -2.43. The maximum atomic E-state index is 12.4. The van der Waals surface area contributed by atoms with Crippen molar-refractivity contribution in [1.82, 2.24) is 20.1 Å². The molecule has 0 aromatic carbocycles. The summed E-state index contributed by atoms with van der Waals surface area (Å²) >= 11 is 1.47. The van der Waals surface area contributed by atoms with Crippen LogP contribution in [0, 0.1) is 6.92 Å². The van der Waals surface area contributed by atoms with E-state index in [0.29, 0.717) is 36.0 Å². The number of carbonyl (C=O) groups is 1. The van der Waals surface area contributed by atoms with Gasteiger partial charge in [-0.05, 0) is 19.8 Å². The lowest BCUT2D eigenvalue weighted by molar-refractivity contribution is 0.122. The second kappa shape index (κ2) is 13.5. The summed E-state index contributed by atoms with van der Waals surface area (Å²) in [4.78, 5) is 16.8. The van der Waals surface area contributed by atoms with E-state index in [1.54, 1.807) is 49.6 Å². The van der Waals surface area contributed by atoms with Gasteiger partial charge in [0.05, 0.1) is 0 Å². The first-order chi connectivity index (χ1) is 14.3. The Kier molecular flexibility index (Phi) is 12.3. The van der Waals surface area contributed by atoms with Gasteiger partial charge < -0.3 is 31.9 Å². The molecule has 0 fully saturated rings. The molecule has 1 N–H and O–H groups in total. The van der Waals surface area contributed by atoms with Crippen LogP contribution in [-0.4, -0.2) is 93.4 Å². The van der Waals surface area contributed by atoms with Gasteiger partial charge in [0.25, 0.3) is 0 Å². The lowest BCUT2D eigenvalue weighted by atomic mass is 10.5. The molecule has 0 aliphatic heterocycles. The number of carbonyl (C=O) groups excluding carboxylic acids is 1. The molecule has 14 heteroatoms. The van der Waals surface area contributed by atoms with Crippen molar-refractivity contribution >= 4 is 35.4 Å². The minimum atomic E-state index is -2.63. The van der Waals surface area contributed by atoms with Crippen LogP contribution in [0.4, 0.5) is 4.79 Å². The third-order valence-electron chi connectivity index (χ3n) is 4.60. The van der Waals surface area contributed by atoms with Gasteiger partial charge in [-0.3, -0.25) is 0 Å². The molecule has 0 saturated heterocycles. The summed E-state index contributed by atoms with van der Waals surface area (Å²) in [6.45, 7) is 2.19. The number of rotatable bonds is 15. The van der Waals surface area contributed by atoms with Crippen LogP contribution in [0.3, 0.4) is 0 Å². The Morgan fingerprint density at radius 3 is 1.93 bits per heavy atom. The maximum absolute atomic E-state index is 12.4. The van der Waals surface area contributed by atoms with E-state index >= 15 is 0 Å². The number of aryl methyl sites for hydroxylation is 1. The van der Waals surface area contributed by atoms with Crippen molar-refractivity contribution in [3.8, 4) is 0 Å². The first kappa shape index (κ1) is 27.2. The molecular weight excluding hydrogens is 448 g/mol. The smallest absolute Gasteiger partial charge is 0.377 e. The van der Waals surface area contributed by atoms with Gasteiger partial charge >= 0.3 is 23.6 Å². The summed E-state index contributed by atoms with van der Waals surface area (Å²) < 4.78 is 33.6. The van der Waals surface area contributed by atoms with E-state index in [2.05, 4.69) is 15.4 Å². The van der Waals surface area contributed by atoms with Gasteiger partial charge in [0, 0.05) is 67.0 Å². The van der Waals surface area contributed by atoms with Crippen LogP contribution in [0.25, 0.3) is 0 Å². The van der Waals surface area contributed by atoms with Crippen molar-refractivity contribution in [3.05, 3.63) is 5.82 Å². The zero-order chi connectivity index (χ0) is 22.6. The Bertz CT molecular complexity index is 629. The van der Waals surface area contributed by atoms with Gasteiger partial charge in [0.1, 0.15) is 5.82 Å². The van der Waals surface area contributed by atoms with Gasteiger partial charge in [-0.25, -0.2) is 9.78 Å². The minimum Gasteiger partial charge on any atom is -0.377 e. The third-order valence-corrected chi connectivity index (χ3v) is 11.2. The molecule has 1 heterocycles. The number of aromatic nitrogens is 3. The predicted octanol–water partition coefficient (Wildman–Crippen LogP) is 1.77. The molecule has 0 atom stereocenters. The lowest BCUT2D eigenvalue weighted by Gasteiger charge is -2.24. The SMILES string of the molecule is CO[Si](CCCNC(=O)n1nc(SCCC[Si](OC)(OC)OC)nc1C)(OC)OC. The summed E-state index contributed by atoms with van der Waals surface area (Å²) in [6.07, 6.45) is 1.48. The Morgan fingerprint density at radius 1 is 0.933 bits per heavy atom. The van der Waals surface area contributed by atoms with E-state index in [-0.39, 0.29) is 6.03 Å². The highest BCUT2D eigenvalue weighted by atomic mass is 32.2. The molecule has 11 nitrogen and oxygen atoms in total. The van der Waals surface area contributed by atoms with E-state index in [1.165, 1.54) is 16.4 Å². The van der Waals surface area contributed by atoms with Crippen molar-refractivity contribution in [2.75, 3.05) is 55.0 Å². The van der Waals surface area contributed by atoms with Crippen molar-refractivity contribution in [2.24, 2.45) is 0 Å². The number of thioether (sulfide) groups is 1. The number of nitrogens with one attached hydrogen (secondary N) is 1. The van der Waals surface area contributed by atoms with Crippen molar-refractivity contribution in [1.29, 1.82) is 0 Å². The first-order valence-electron chi connectivity index (χ1n) is 9.50. The van der Waals surface area contributed by atoms with Gasteiger partial charge in [-0.1, -0.05) is 11.8 Å². The van der Waals surface area contributed by atoms with Crippen LogP contribution in [0.1, 0.15) is 18.7 Å². The largest absolute Gasteiger partial charge is 0.500 e. The van der Waals surface area contributed by atoms with Gasteiger partial charge in [-0.2, -0.15) is 4.68 Å². The van der Waals surface area contributed by atoms with E-state index in [0.717, 1.165) is 12.2 Å². The molecule has 0 saturated carbocycles. The van der Waals surface area contributed by atoms with Gasteiger partial charge in [0.15, 0.2) is 0 Å². The van der Waals surface area contributed by atoms with Crippen molar-refractivity contribution < 1.29 is 31.4 Å². The number of hydrogen-bond donors (Lipinski definition) is 1. The second-order valence-corrected chi connectivity index (χ2v) is 13.5. The Hall–Kier alpha value is -0.846. The highest BCUT2D eigenvalue weighted by Crippen LogP contribution is 2.20. The number of hydrogen-bond acceptors (Lipinski definition) is 10. The van der Waals surface area contributed by atoms with Crippen LogP contribution in [0.15, 0.2) is 5.16 Å². The second-order valence-electron chi connectivity index (χ2n) is 6.23. The molecule has 1 rings (SSSR count). The van der Waals surface area contributed by atoms with Crippen molar-refractivity contribution in [2.45, 2.75) is 37.0 Å². The average molecular weight is 483 g/mol. The normalized spacial score (nSPS) is 12.4. The highest BCUT2D eigenvalue weighted by molar-refractivity contribution is 7.99. The molecular formula is C16H34N4O7SSi2. The molecule has 0 spiro atoms. The fraction of sp³-hybridized carbons (Fsp3) is 0.812. The monoisotopic (exact) mass is 482 g/mol. The minimum absolute atomic E-state index is 0.323. The predicted molar refractivity (Wildman–Crippen MR) is 117 cm³/mol. The summed E-state index contributed by atoms with van der Waals surface area (Å²) in [5.74, 6) is 1.28. The molecule has 0 unspecified atom stereocenters. The van der Waals surface area contributed by atoms with Crippen LogP contribution < -0.4 is 5.32 Å². The Morgan fingerprint density at radius 2 is 1.43 bits per heavy atom. The Labute approximate surface area is 184 Å². The maximum Gasteiger partial charge on any atom is 0.500 e. The molecule has 174 valence electrons. The highest BCUT2D eigenvalue weighted by Gasteiger charge is 2.37. The molecule has 30 heavy (non-hydrogen) atoms. The topological polar surface area (TPSA) is 115 Å². The van der Waals surface area contributed by atoms with Gasteiger partial charge in [0.2, 0.25) is 5.16 Å². The Balaban J connectivity index is 2.47. The van der Waals surface area contributed by atoms with Crippen LogP contribution >= 0.6 is 11.8 Å². The fourth-order valence-corrected chi connectivity index (χ4v) is 7.27. The molecule has 1 amide bonds. The summed E-state index contributed by atoms with van der Waals surface area (Å²) in [6, 6.07) is 0.971. The molecule has 0 radical (unpaired) electrons. The van der Waals surface area contributed by atoms with E-state index < -0.39 is 17.6 Å². The molecule has 1 aromatic heterocycles. The molecule has 0 aliphatic carbocycles. The average Bonchev–Trinajstić information content (AvgIpc) is 3.15. The fourth-order valence-electron chi connectivity index (χ4n) is 2.76. The summed E-state index contributed by atoms with van der Waals surface area (Å²) in [5.41, 5.74) is 0. The third kappa shape index (κ3) is 7.69. The number of amides is 1.